The first-order valence-corrected chi connectivity index (χ1v) is 7.66. The van der Waals surface area contributed by atoms with Crippen LogP contribution in [0.15, 0.2) is 47.4 Å². The second kappa shape index (κ2) is 4.56. The number of hydrogen-bond acceptors (Lipinski definition) is 3. The summed E-state index contributed by atoms with van der Waals surface area (Å²) in [5, 5.41) is 0. The number of aryl methyl sites for hydroxylation is 1. The normalized spacial score (nSPS) is 12.7. The van der Waals surface area contributed by atoms with E-state index in [-0.39, 0.29) is 5.56 Å². The van der Waals surface area contributed by atoms with E-state index in [1.807, 2.05) is 48.7 Å². The monoisotopic (exact) mass is 295 g/mol. The third kappa shape index (κ3) is 1.81. The molecule has 3 aromatic heterocycles. The zero-order valence-electron chi connectivity index (χ0n) is 11.5. The van der Waals surface area contributed by atoms with E-state index in [9.17, 15) is 4.79 Å². The van der Waals surface area contributed by atoms with Crippen LogP contribution in [-0.2, 0) is 6.54 Å². The Bertz CT molecular complexity index is 1050. The highest BCUT2D eigenvalue weighted by Gasteiger charge is 2.10. The Morgan fingerprint density at radius 1 is 1.24 bits per heavy atom. The number of nitrogens with zero attached hydrogens (tertiary/aromatic N) is 3. The summed E-state index contributed by atoms with van der Waals surface area (Å²) >= 11 is 1.44. The summed E-state index contributed by atoms with van der Waals surface area (Å²) in [5.74, 6) is 0. The van der Waals surface area contributed by atoms with Crippen molar-refractivity contribution in [3.8, 4) is 0 Å². The average molecular weight is 295 g/mol. The minimum Gasteiger partial charge on any atom is -0.348 e. The van der Waals surface area contributed by atoms with E-state index in [2.05, 4.69) is 16.5 Å². The molecule has 21 heavy (non-hydrogen) atoms. The molecule has 4 nitrogen and oxygen atoms in total. The van der Waals surface area contributed by atoms with Crippen LogP contribution in [0.5, 0.6) is 0 Å². The number of thiazole rings is 1. The molecule has 0 spiro atoms. The van der Waals surface area contributed by atoms with Crippen LogP contribution in [0.3, 0.4) is 0 Å². The van der Waals surface area contributed by atoms with Crippen molar-refractivity contribution in [3.05, 3.63) is 63.2 Å². The molecule has 0 aliphatic rings. The third-order valence-electron chi connectivity index (χ3n) is 3.63. The Kier molecular flexibility index (Phi) is 2.68. The van der Waals surface area contributed by atoms with Gasteiger partial charge in [-0.2, -0.15) is 0 Å². The largest absolute Gasteiger partial charge is 0.348 e. The minimum atomic E-state index is 0.00699. The van der Waals surface area contributed by atoms with Crippen molar-refractivity contribution < 1.29 is 0 Å². The summed E-state index contributed by atoms with van der Waals surface area (Å²) in [7, 11) is 0. The molecule has 0 N–H and O–H groups in total. The van der Waals surface area contributed by atoms with Crippen molar-refractivity contribution in [2.75, 3.05) is 0 Å². The fourth-order valence-corrected chi connectivity index (χ4v) is 3.56. The molecule has 5 heteroatoms. The lowest BCUT2D eigenvalue weighted by Gasteiger charge is -1.99. The molecule has 3 heterocycles. The van der Waals surface area contributed by atoms with E-state index >= 15 is 0 Å². The van der Waals surface area contributed by atoms with E-state index < -0.39 is 0 Å². The molecule has 0 aliphatic heterocycles. The van der Waals surface area contributed by atoms with E-state index in [4.69, 9.17) is 0 Å². The highest BCUT2D eigenvalue weighted by atomic mass is 32.1. The number of benzene rings is 1. The Hall–Kier alpha value is -2.40. The van der Waals surface area contributed by atoms with Gasteiger partial charge in [0.2, 0.25) is 0 Å². The van der Waals surface area contributed by atoms with Crippen molar-refractivity contribution in [1.29, 1.82) is 0 Å². The van der Waals surface area contributed by atoms with Crippen LogP contribution in [0.25, 0.3) is 22.1 Å². The summed E-state index contributed by atoms with van der Waals surface area (Å²) in [6.45, 7) is 2.97. The molecule has 0 amide bonds. The molecular formula is C16H13N3OS. The molecule has 0 saturated carbocycles. The molecule has 0 atom stereocenters. The molecule has 4 rings (SSSR count). The molecule has 1 aromatic carbocycles. The van der Waals surface area contributed by atoms with Gasteiger partial charge in [-0.05, 0) is 37.3 Å². The first-order valence-electron chi connectivity index (χ1n) is 6.85. The van der Waals surface area contributed by atoms with Crippen LogP contribution in [0.4, 0.5) is 0 Å². The predicted octanol–water partition coefficient (Wildman–Crippen LogP) is 2.28. The van der Waals surface area contributed by atoms with Crippen molar-refractivity contribution in [2.24, 2.45) is 0 Å². The fourth-order valence-electron chi connectivity index (χ4n) is 2.59. The predicted molar refractivity (Wildman–Crippen MR) is 85.7 cm³/mol. The number of para-hydroxylation sites is 2. The van der Waals surface area contributed by atoms with Crippen molar-refractivity contribution >= 4 is 33.4 Å². The molecular weight excluding hydrogens is 282 g/mol. The van der Waals surface area contributed by atoms with E-state index in [1.165, 1.54) is 11.3 Å². The smallest absolute Gasteiger partial charge is 0.275 e. The maximum Gasteiger partial charge on any atom is 0.275 e. The second-order valence-corrected chi connectivity index (χ2v) is 5.86. The van der Waals surface area contributed by atoms with Crippen LogP contribution in [0.2, 0.25) is 0 Å². The summed E-state index contributed by atoms with van der Waals surface area (Å²) < 4.78 is 4.53. The first-order chi connectivity index (χ1) is 10.3. The standard InChI is InChI=1S/C16H13N3OS/c1-2-18-9-5-6-11(18)10-14-15(20)19-13-8-4-3-7-12(13)17-16(19)21-14/h3-10H,2H2,1H3/b14-10-. The quantitative estimate of drug-likeness (QED) is 0.569. The Morgan fingerprint density at radius 2 is 2.10 bits per heavy atom. The Morgan fingerprint density at radius 3 is 2.95 bits per heavy atom. The van der Waals surface area contributed by atoms with Crippen molar-refractivity contribution in [3.63, 3.8) is 0 Å². The van der Waals surface area contributed by atoms with Gasteiger partial charge in [0, 0.05) is 18.4 Å². The Labute approximate surface area is 124 Å². The van der Waals surface area contributed by atoms with Crippen molar-refractivity contribution in [1.82, 2.24) is 14.0 Å². The lowest BCUT2D eigenvalue weighted by atomic mass is 10.3. The summed E-state index contributed by atoms with van der Waals surface area (Å²) in [5.41, 5.74) is 2.79. The van der Waals surface area contributed by atoms with Gasteiger partial charge < -0.3 is 4.57 Å². The maximum absolute atomic E-state index is 12.6. The van der Waals surface area contributed by atoms with Gasteiger partial charge in [0.15, 0.2) is 4.96 Å². The molecule has 0 saturated heterocycles. The SMILES string of the molecule is CCn1cccc1/C=c1\sc2nc3ccccc3n2c1=O. The summed E-state index contributed by atoms with van der Waals surface area (Å²) in [4.78, 5) is 17.9. The lowest BCUT2D eigenvalue weighted by molar-refractivity contribution is 0.761. The topological polar surface area (TPSA) is 39.3 Å². The summed E-state index contributed by atoms with van der Waals surface area (Å²) in [6.07, 6.45) is 3.96. The third-order valence-corrected chi connectivity index (χ3v) is 4.60. The molecule has 0 aliphatic carbocycles. The molecule has 0 fully saturated rings. The molecule has 0 radical (unpaired) electrons. The minimum absolute atomic E-state index is 0.00699. The second-order valence-electron chi connectivity index (χ2n) is 4.85. The fraction of sp³-hybridized carbons (Fsp3) is 0.125. The van der Waals surface area contributed by atoms with Gasteiger partial charge in [-0.15, -0.1) is 0 Å². The van der Waals surface area contributed by atoms with Crippen molar-refractivity contribution in [2.45, 2.75) is 13.5 Å². The van der Waals surface area contributed by atoms with Crippen LogP contribution < -0.4 is 10.1 Å². The zero-order valence-corrected chi connectivity index (χ0v) is 12.3. The molecule has 4 aromatic rings. The molecule has 104 valence electrons. The van der Waals surface area contributed by atoms with Gasteiger partial charge in [0.25, 0.3) is 5.56 Å². The van der Waals surface area contributed by atoms with Gasteiger partial charge in [-0.25, -0.2) is 9.38 Å². The summed E-state index contributed by atoms with van der Waals surface area (Å²) in [6, 6.07) is 11.7. The zero-order chi connectivity index (χ0) is 14.4. The van der Waals surface area contributed by atoms with Crippen LogP contribution in [0.1, 0.15) is 12.6 Å². The van der Waals surface area contributed by atoms with Gasteiger partial charge in [-0.1, -0.05) is 23.5 Å². The lowest BCUT2D eigenvalue weighted by Crippen LogP contribution is -2.23. The highest BCUT2D eigenvalue weighted by Crippen LogP contribution is 2.15. The number of rotatable bonds is 2. The highest BCUT2D eigenvalue weighted by molar-refractivity contribution is 7.15. The number of aromatic nitrogens is 3. The van der Waals surface area contributed by atoms with E-state index in [0.29, 0.717) is 0 Å². The average Bonchev–Trinajstić information content (AvgIpc) is 3.15. The maximum atomic E-state index is 12.6. The number of fused-ring (bicyclic) bond motifs is 3. The number of imidazole rings is 1. The molecule has 0 bridgehead atoms. The van der Waals surface area contributed by atoms with E-state index in [1.54, 1.807) is 4.40 Å². The van der Waals surface area contributed by atoms with E-state index in [0.717, 1.165) is 32.8 Å². The van der Waals surface area contributed by atoms with Crippen LogP contribution in [0, 0.1) is 0 Å². The van der Waals surface area contributed by atoms with Crippen LogP contribution in [-0.4, -0.2) is 14.0 Å². The van der Waals surface area contributed by atoms with Gasteiger partial charge in [0.05, 0.1) is 15.6 Å². The molecule has 0 unspecified atom stereocenters. The number of hydrogen-bond donors (Lipinski definition) is 0. The first kappa shape index (κ1) is 12.3. The van der Waals surface area contributed by atoms with Crippen LogP contribution >= 0.6 is 11.3 Å². The van der Waals surface area contributed by atoms with Gasteiger partial charge in [0.1, 0.15) is 0 Å². The van der Waals surface area contributed by atoms with Gasteiger partial charge >= 0.3 is 0 Å². The Balaban J connectivity index is 2.03. The van der Waals surface area contributed by atoms with Gasteiger partial charge in [-0.3, -0.25) is 4.79 Å².